The zero-order valence-electron chi connectivity index (χ0n) is 12.2. The number of hydrogen-bond donors (Lipinski definition) is 2. The highest BCUT2D eigenvalue weighted by Crippen LogP contribution is 2.33. The van der Waals surface area contributed by atoms with E-state index in [0.717, 1.165) is 16.8 Å². The van der Waals surface area contributed by atoms with Gasteiger partial charge in [0.25, 0.3) is 0 Å². The third-order valence-electron chi connectivity index (χ3n) is 3.69. The maximum atomic E-state index is 12.0. The highest BCUT2D eigenvalue weighted by molar-refractivity contribution is 5.97. The first-order valence-electron chi connectivity index (χ1n) is 6.74. The van der Waals surface area contributed by atoms with Crippen LogP contribution in [0.3, 0.4) is 0 Å². The van der Waals surface area contributed by atoms with E-state index in [0.29, 0.717) is 12.8 Å². The van der Waals surface area contributed by atoms with Gasteiger partial charge in [0, 0.05) is 12.7 Å². The number of carbonyl (C=O) groups is 2. The zero-order chi connectivity index (χ0) is 14.9. The third kappa shape index (κ3) is 2.99. The Hall–Kier alpha value is -1.88. The molecule has 3 N–H and O–H groups in total. The smallest absolute Gasteiger partial charge is 0.243 e. The van der Waals surface area contributed by atoms with Gasteiger partial charge in [0.15, 0.2) is 0 Å². The van der Waals surface area contributed by atoms with Crippen molar-refractivity contribution in [1.82, 2.24) is 4.90 Å². The van der Waals surface area contributed by atoms with Crippen molar-refractivity contribution < 1.29 is 9.59 Å². The molecule has 2 rings (SSSR count). The predicted octanol–water partition coefficient (Wildman–Crippen LogP) is 1.19. The number of nitrogens with two attached hydrogens (primary N) is 1. The van der Waals surface area contributed by atoms with E-state index in [4.69, 9.17) is 5.73 Å². The maximum Gasteiger partial charge on any atom is 0.243 e. The molecule has 0 radical (unpaired) electrons. The number of rotatable bonds is 4. The summed E-state index contributed by atoms with van der Waals surface area (Å²) in [7, 11) is 1.61. The maximum absolute atomic E-state index is 12.0. The Bertz CT molecular complexity index is 530. The summed E-state index contributed by atoms with van der Waals surface area (Å²) in [5.41, 5.74) is 7.94. The third-order valence-corrected chi connectivity index (χ3v) is 3.69. The molecule has 1 aromatic rings. The van der Waals surface area contributed by atoms with E-state index in [1.807, 2.05) is 32.0 Å². The SMILES string of the molecule is Cc1cccc(C)c1NC(=O)CN(C)C(=O)C1(N)CC1. The van der Waals surface area contributed by atoms with Crippen LogP contribution < -0.4 is 11.1 Å². The van der Waals surface area contributed by atoms with Crippen molar-refractivity contribution in [2.75, 3.05) is 18.9 Å². The van der Waals surface area contributed by atoms with Gasteiger partial charge in [-0.2, -0.15) is 0 Å². The molecule has 0 bridgehead atoms. The van der Waals surface area contributed by atoms with Gasteiger partial charge in [0.05, 0.1) is 12.1 Å². The first-order chi connectivity index (χ1) is 9.33. The molecule has 2 amide bonds. The van der Waals surface area contributed by atoms with Gasteiger partial charge in [-0.15, -0.1) is 0 Å². The molecule has 0 heterocycles. The quantitative estimate of drug-likeness (QED) is 0.866. The molecule has 1 fully saturated rings. The fourth-order valence-corrected chi connectivity index (χ4v) is 2.21. The average molecular weight is 275 g/mol. The summed E-state index contributed by atoms with van der Waals surface area (Å²) >= 11 is 0. The van der Waals surface area contributed by atoms with Crippen molar-refractivity contribution in [2.45, 2.75) is 32.2 Å². The van der Waals surface area contributed by atoms with Crippen LogP contribution in [0, 0.1) is 13.8 Å². The fraction of sp³-hybridized carbons (Fsp3) is 0.467. The second-order valence-corrected chi connectivity index (χ2v) is 5.63. The Labute approximate surface area is 119 Å². The van der Waals surface area contributed by atoms with Gasteiger partial charge < -0.3 is 16.0 Å². The molecular formula is C15H21N3O2. The first kappa shape index (κ1) is 14.5. The monoisotopic (exact) mass is 275 g/mol. The van der Waals surface area contributed by atoms with Gasteiger partial charge in [-0.25, -0.2) is 0 Å². The lowest BCUT2D eigenvalue weighted by Gasteiger charge is -2.21. The number of benzene rings is 1. The first-order valence-corrected chi connectivity index (χ1v) is 6.74. The van der Waals surface area contributed by atoms with Crippen LogP contribution in [0.2, 0.25) is 0 Å². The van der Waals surface area contributed by atoms with Gasteiger partial charge in [0.2, 0.25) is 11.8 Å². The molecule has 0 saturated heterocycles. The summed E-state index contributed by atoms with van der Waals surface area (Å²) in [6.07, 6.45) is 1.41. The molecule has 0 atom stereocenters. The van der Waals surface area contributed by atoms with Crippen LogP contribution in [0.1, 0.15) is 24.0 Å². The van der Waals surface area contributed by atoms with E-state index in [-0.39, 0.29) is 18.4 Å². The Morgan fingerprint density at radius 1 is 1.30 bits per heavy atom. The van der Waals surface area contributed by atoms with Gasteiger partial charge in [-0.1, -0.05) is 18.2 Å². The Morgan fingerprint density at radius 2 is 1.85 bits per heavy atom. The summed E-state index contributed by atoms with van der Waals surface area (Å²) in [5.74, 6) is -0.364. The lowest BCUT2D eigenvalue weighted by Crippen LogP contribution is -2.46. The summed E-state index contributed by atoms with van der Waals surface area (Å²) in [4.78, 5) is 25.4. The standard InChI is InChI=1S/C15H21N3O2/c1-10-5-4-6-11(2)13(10)17-12(19)9-18(3)14(20)15(16)7-8-15/h4-6H,7-9,16H2,1-3H3,(H,17,19). The lowest BCUT2D eigenvalue weighted by molar-refractivity contribution is -0.135. The highest BCUT2D eigenvalue weighted by atomic mass is 16.2. The number of hydrogen-bond acceptors (Lipinski definition) is 3. The minimum atomic E-state index is -0.729. The molecule has 0 unspecified atom stereocenters. The molecule has 108 valence electrons. The average Bonchev–Trinajstić information content (AvgIpc) is 3.12. The molecule has 5 heteroatoms. The normalized spacial score (nSPS) is 15.6. The van der Waals surface area contributed by atoms with Gasteiger partial charge in [-0.05, 0) is 37.8 Å². The van der Waals surface area contributed by atoms with Crippen LogP contribution in [0.5, 0.6) is 0 Å². The van der Waals surface area contributed by atoms with Crippen molar-refractivity contribution in [3.63, 3.8) is 0 Å². The van der Waals surface area contributed by atoms with Gasteiger partial charge >= 0.3 is 0 Å². The zero-order valence-corrected chi connectivity index (χ0v) is 12.2. The van der Waals surface area contributed by atoms with Crippen LogP contribution in [0.25, 0.3) is 0 Å². The predicted molar refractivity (Wildman–Crippen MR) is 78.3 cm³/mol. The van der Waals surface area contributed by atoms with Crippen LogP contribution in [-0.2, 0) is 9.59 Å². The van der Waals surface area contributed by atoms with Crippen molar-refractivity contribution in [1.29, 1.82) is 0 Å². The topological polar surface area (TPSA) is 75.4 Å². The number of anilines is 1. The molecule has 20 heavy (non-hydrogen) atoms. The summed E-state index contributed by atoms with van der Waals surface area (Å²) in [6.45, 7) is 3.90. The van der Waals surface area contributed by atoms with Crippen molar-refractivity contribution >= 4 is 17.5 Å². The Kier molecular flexibility index (Phi) is 3.81. The molecule has 0 aliphatic heterocycles. The van der Waals surface area contributed by atoms with Crippen molar-refractivity contribution in [2.24, 2.45) is 5.73 Å². The summed E-state index contributed by atoms with van der Waals surface area (Å²) < 4.78 is 0. The molecule has 0 spiro atoms. The number of aryl methyl sites for hydroxylation is 2. The molecule has 0 aromatic heterocycles. The highest BCUT2D eigenvalue weighted by Gasteiger charge is 2.47. The van der Waals surface area contributed by atoms with Crippen molar-refractivity contribution in [3.05, 3.63) is 29.3 Å². The molecule has 5 nitrogen and oxygen atoms in total. The fourth-order valence-electron chi connectivity index (χ4n) is 2.21. The molecule has 1 saturated carbocycles. The van der Waals surface area contributed by atoms with E-state index >= 15 is 0 Å². The van der Waals surface area contributed by atoms with Crippen LogP contribution in [-0.4, -0.2) is 35.8 Å². The largest absolute Gasteiger partial charge is 0.335 e. The minimum absolute atomic E-state index is 0.0194. The molecule has 1 aliphatic rings. The van der Waals surface area contributed by atoms with E-state index < -0.39 is 5.54 Å². The number of nitrogens with one attached hydrogen (secondary N) is 1. The molecular weight excluding hydrogens is 254 g/mol. The Morgan fingerprint density at radius 3 is 2.35 bits per heavy atom. The number of nitrogens with zero attached hydrogens (tertiary/aromatic N) is 1. The van der Waals surface area contributed by atoms with E-state index in [9.17, 15) is 9.59 Å². The van der Waals surface area contributed by atoms with E-state index in [1.165, 1.54) is 4.90 Å². The van der Waals surface area contributed by atoms with E-state index in [1.54, 1.807) is 7.05 Å². The van der Waals surface area contributed by atoms with Gasteiger partial charge in [0.1, 0.15) is 0 Å². The van der Waals surface area contributed by atoms with E-state index in [2.05, 4.69) is 5.32 Å². The Balaban J connectivity index is 1.97. The number of para-hydroxylation sites is 1. The van der Waals surface area contributed by atoms with Crippen LogP contribution in [0.4, 0.5) is 5.69 Å². The number of amides is 2. The summed E-state index contributed by atoms with van der Waals surface area (Å²) in [6, 6.07) is 5.83. The number of carbonyl (C=O) groups excluding carboxylic acids is 2. The second-order valence-electron chi connectivity index (χ2n) is 5.63. The van der Waals surface area contributed by atoms with Crippen LogP contribution in [0.15, 0.2) is 18.2 Å². The van der Waals surface area contributed by atoms with Crippen molar-refractivity contribution in [3.8, 4) is 0 Å². The number of likely N-dealkylation sites (N-methyl/N-ethyl adjacent to an activating group) is 1. The molecule has 1 aromatic carbocycles. The lowest BCUT2D eigenvalue weighted by atomic mass is 10.1. The van der Waals surface area contributed by atoms with Gasteiger partial charge in [-0.3, -0.25) is 9.59 Å². The molecule has 1 aliphatic carbocycles. The van der Waals surface area contributed by atoms with Crippen LogP contribution >= 0.6 is 0 Å². The minimum Gasteiger partial charge on any atom is -0.335 e. The second kappa shape index (κ2) is 5.25. The summed E-state index contributed by atoms with van der Waals surface area (Å²) in [5, 5.41) is 2.86.